The second-order valence-corrected chi connectivity index (χ2v) is 7.45. The van der Waals surface area contributed by atoms with Crippen molar-refractivity contribution < 1.29 is 17.2 Å². The van der Waals surface area contributed by atoms with E-state index in [-0.39, 0.29) is 6.54 Å². The van der Waals surface area contributed by atoms with Crippen molar-refractivity contribution in [3.8, 4) is 0 Å². The van der Waals surface area contributed by atoms with Crippen molar-refractivity contribution in [2.24, 2.45) is 0 Å². The van der Waals surface area contributed by atoms with Crippen LogP contribution < -0.4 is 4.72 Å². The van der Waals surface area contributed by atoms with Gasteiger partial charge in [0.1, 0.15) is 17.5 Å². The number of nitrogens with zero attached hydrogens (tertiary/aromatic N) is 2. The highest BCUT2D eigenvalue weighted by molar-refractivity contribution is 7.89. The molecule has 8 heteroatoms. The van der Waals surface area contributed by atoms with Crippen LogP contribution in [0.1, 0.15) is 30.3 Å². The van der Waals surface area contributed by atoms with Crippen molar-refractivity contribution in [3.05, 3.63) is 47.5 Å². The van der Waals surface area contributed by atoms with Gasteiger partial charge in [-0.2, -0.15) is 0 Å². The standard InChI is InChI=1S/C15H17F2N3O2S/c1-10-9-18-15(11-2-3-11)20(10)5-4-19-23(21,22)14-7-12(16)6-13(17)8-14/h6-9,11,19H,2-5H2,1H3. The molecule has 0 spiro atoms. The molecule has 124 valence electrons. The minimum Gasteiger partial charge on any atom is -0.331 e. The monoisotopic (exact) mass is 341 g/mol. The average molecular weight is 341 g/mol. The Hall–Kier alpha value is -1.80. The van der Waals surface area contributed by atoms with Crippen LogP contribution in [0, 0.1) is 18.6 Å². The first-order chi connectivity index (χ1) is 10.9. The van der Waals surface area contributed by atoms with E-state index in [1.54, 1.807) is 6.20 Å². The number of hydrogen-bond acceptors (Lipinski definition) is 3. The lowest BCUT2D eigenvalue weighted by atomic mass is 10.3. The Bertz CT molecular complexity index is 809. The molecule has 0 unspecified atom stereocenters. The highest BCUT2D eigenvalue weighted by Crippen LogP contribution is 2.39. The first-order valence-corrected chi connectivity index (χ1v) is 8.83. The van der Waals surface area contributed by atoms with E-state index >= 15 is 0 Å². The summed E-state index contributed by atoms with van der Waals surface area (Å²) in [6, 6.07) is 2.22. The van der Waals surface area contributed by atoms with Crippen molar-refractivity contribution in [2.75, 3.05) is 6.54 Å². The van der Waals surface area contributed by atoms with E-state index in [0.29, 0.717) is 18.5 Å². The zero-order valence-electron chi connectivity index (χ0n) is 12.6. The van der Waals surface area contributed by atoms with Crippen LogP contribution in [0.25, 0.3) is 0 Å². The molecule has 1 aromatic carbocycles. The Labute approximate surface area is 133 Å². The van der Waals surface area contributed by atoms with Gasteiger partial charge in [-0.3, -0.25) is 0 Å². The zero-order chi connectivity index (χ0) is 16.6. The smallest absolute Gasteiger partial charge is 0.240 e. The number of aryl methyl sites for hydroxylation is 1. The number of rotatable bonds is 6. The van der Waals surface area contributed by atoms with Crippen molar-refractivity contribution in [2.45, 2.75) is 37.1 Å². The van der Waals surface area contributed by atoms with Gasteiger partial charge in [-0.05, 0) is 31.9 Å². The molecule has 1 aliphatic rings. The maximum Gasteiger partial charge on any atom is 0.240 e. The number of halogens is 2. The Morgan fingerprint density at radius 3 is 2.52 bits per heavy atom. The van der Waals surface area contributed by atoms with E-state index in [2.05, 4.69) is 9.71 Å². The predicted molar refractivity (Wildman–Crippen MR) is 80.5 cm³/mol. The number of nitrogens with one attached hydrogen (secondary N) is 1. The van der Waals surface area contributed by atoms with Crippen molar-refractivity contribution in [1.82, 2.24) is 14.3 Å². The second kappa shape index (κ2) is 6.01. The van der Waals surface area contributed by atoms with E-state index < -0.39 is 26.6 Å². The summed E-state index contributed by atoms with van der Waals surface area (Å²) in [5, 5.41) is 0. The van der Waals surface area contributed by atoms with Crippen molar-refractivity contribution >= 4 is 10.0 Å². The maximum absolute atomic E-state index is 13.2. The fraction of sp³-hybridized carbons (Fsp3) is 0.400. The number of benzene rings is 1. The molecule has 23 heavy (non-hydrogen) atoms. The molecule has 0 amide bonds. The van der Waals surface area contributed by atoms with Gasteiger partial charge in [-0.25, -0.2) is 26.9 Å². The Kier molecular flexibility index (Phi) is 4.20. The zero-order valence-corrected chi connectivity index (χ0v) is 13.4. The third-order valence-corrected chi connectivity index (χ3v) is 5.24. The third-order valence-electron chi connectivity index (χ3n) is 3.80. The topological polar surface area (TPSA) is 64.0 Å². The number of imidazole rings is 1. The van der Waals surface area contributed by atoms with Crippen molar-refractivity contribution in [1.29, 1.82) is 0 Å². The number of sulfonamides is 1. The molecule has 1 saturated carbocycles. The Morgan fingerprint density at radius 1 is 1.26 bits per heavy atom. The molecule has 1 fully saturated rings. The summed E-state index contributed by atoms with van der Waals surface area (Å²) in [7, 11) is -3.95. The largest absolute Gasteiger partial charge is 0.331 e. The molecule has 1 aromatic heterocycles. The molecule has 1 heterocycles. The van der Waals surface area contributed by atoms with Gasteiger partial charge < -0.3 is 4.57 Å². The minimum atomic E-state index is -3.95. The van der Waals surface area contributed by atoms with Gasteiger partial charge in [0.25, 0.3) is 0 Å². The van der Waals surface area contributed by atoms with Crippen LogP contribution >= 0.6 is 0 Å². The lowest BCUT2D eigenvalue weighted by Gasteiger charge is -2.11. The molecule has 0 bridgehead atoms. The summed E-state index contributed by atoms with van der Waals surface area (Å²) in [5.74, 6) is -0.421. The summed E-state index contributed by atoms with van der Waals surface area (Å²) in [6.45, 7) is 2.46. The molecule has 3 rings (SSSR count). The van der Waals surface area contributed by atoms with E-state index in [9.17, 15) is 17.2 Å². The van der Waals surface area contributed by atoms with Crippen LogP contribution in [0.5, 0.6) is 0 Å². The van der Waals surface area contributed by atoms with E-state index in [1.165, 1.54) is 0 Å². The van der Waals surface area contributed by atoms with Gasteiger partial charge in [0.05, 0.1) is 4.90 Å². The second-order valence-electron chi connectivity index (χ2n) is 5.69. The molecule has 1 N–H and O–H groups in total. The highest BCUT2D eigenvalue weighted by atomic mass is 32.2. The molecule has 1 aliphatic carbocycles. The summed E-state index contributed by atoms with van der Waals surface area (Å²) in [6.07, 6.45) is 3.97. The molecule has 0 atom stereocenters. The highest BCUT2D eigenvalue weighted by Gasteiger charge is 2.28. The minimum absolute atomic E-state index is 0.122. The molecule has 5 nitrogen and oxygen atoms in total. The van der Waals surface area contributed by atoms with Gasteiger partial charge in [0.2, 0.25) is 10.0 Å². The van der Waals surface area contributed by atoms with Crippen LogP contribution in [0.4, 0.5) is 8.78 Å². The summed E-state index contributed by atoms with van der Waals surface area (Å²) < 4.78 is 54.9. The normalized spacial score (nSPS) is 15.1. The molecular weight excluding hydrogens is 324 g/mol. The van der Waals surface area contributed by atoms with E-state index in [0.717, 1.165) is 36.5 Å². The van der Waals surface area contributed by atoms with E-state index in [1.807, 2.05) is 11.5 Å². The molecule has 0 aliphatic heterocycles. The molecule has 2 aromatic rings. The van der Waals surface area contributed by atoms with Gasteiger partial charge in [-0.15, -0.1) is 0 Å². The van der Waals surface area contributed by atoms with Crippen LogP contribution in [0.2, 0.25) is 0 Å². The fourth-order valence-corrected chi connectivity index (χ4v) is 3.56. The van der Waals surface area contributed by atoms with Crippen LogP contribution in [0.3, 0.4) is 0 Å². The number of aromatic nitrogens is 2. The van der Waals surface area contributed by atoms with Crippen molar-refractivity contribution in [3.63, 3.8) is 0 Å². The van der Waals surface area contributed by atoms with Crippen LogP contribution in [-0.4, -0.2) is 24.5 Å². The van der Waals surface area contributed by atoms with Gasteiger partial charge in [-0.1, -0.05) is 0 Å². The lowest BCUT2D eigenvalue weighted by molar-refractivity contribution is 0.554. The quantitative estimate of drug-likeness (QED) is 0.877. The first kappa shape index (κ1) is 16.1. The Morgan fingerprint density at radius 2 is 1.91 bits per heavy atom. The lowest BCUT2D eigenvalue weighted by Crippen LogP contribution is -2.28. The van der Waals surface area contributed by atoms with E-state index in [4.69, 9.17) is 0 Å². The summed E-state index contributed by atoms with van der Waals surface area (Å²) >= 11 is 0. The van der Waals surface area contributed by atoms with Gasteiger partial charge >= 0.3 is 0 Å². The molecule has 0 saturated heterocycles. The van der Waals surface area contributed by atoms with Crippen LogP contribution in [-0.2, 0) is 16.6 Å². The third kappa shape index (κ3) is 3.59. The fourth-order valence-electron chi connectivity index (χ4n) is 2.50. The predicted octanol–water partition coefficient (Wildman–Crippen LogP) is 2.33. The molecule has 0 radical (unpaired) electrons. The first-order valence-electron chi connectivity index (χ1n) is 7.34. The average Bonchev–Trinajstić information content (AvgIpc) is 3.23. The SMILES string of the molecule is Cc1cnc(C2CC2)n1CCNS(=O)(=O)c1cc(F)cc(F)c1. The van der Waals surface area contributed by atoms with Gasteiger partial charge in [0, 0.05) is 37.0 Å². The summed E-state index contributed by atoms with van der Waals surface area (Å²) in [4.78, 5) is 3.94. The summed E-state index contributed by atoms with van der Waals surface area (Å²) in [5.41, 5.74) is 0.961. The van der Waals surface area contributed by atoms with Gasteiger partial charge in [0.15, 0.2) is 0 Å². The maximum atomic E-state index is 13.2. The van der Waals surface area contributed by atoms with Crippen LogP contribution in [0.15, 0.2) is 29.3 Å². The molecular formula is C15H17F2N3O2S. The number of hydrogen-bond donors (Lipinski definition) is 1. The Balaban J connectivity index is 1.69.